The number of fused-ring (bicyclic) bond motifs is 1. The maximum Gasteiger partial charge on any atom is 0.0958 e. The van der Waals surface area contributed by atoms with Gasteiger partial charge in [0.05, 0.1) is 37.0 Å². The highest BCUT2D eigenvalue weighted by Gasteiger charge is 2.17. The van der Waals surface area contributed by atoms with Crippen molar-refractivity contribution in [3.63, 3.8) is 0 Å². The van der Waals surface area contributed by atoms with E-state index in [0.29, 0.717) is 10.0 Å². The van der Waals surface area contributed by atoms with E-state index < -0.39 is 0 Å². The zero-order valence-corrected chi connectivity index (χ0v) is 13.6. The highest BCUT2D eigenvalue weighted by molar-refractivity contribution is 7.18. The number of pyridine rings is 1. The van der Waals surface area contributed by atoms with Gasteiger partial charge in [0.2, 0.25) is 0 Å². The van der Waals surface area contributed by atoms with Crippen LogP contribution in [0.5, 0.6) is 0 Å². The molecule has 0 aliphatic heterocycles. The normalized spacial score (nSPS) is 12.7. The van der Waals surface area contributed by atoms with E-state index in [0.717, 1.165) is 22.6 Å². The van der Waals surface area contributed by atoms with Crippen molar-refractivity contribution in [2.45, 2.75) is 12.5 Å². The molecular formula is C15H13Cl2N3S. The van der Waals surface area contributed by atoms with Crippen molar-refractivity contribution in [3.05, 3.63) is 57.3 Å². The van der Waals surface area contributed by atoms with Gasteiger partial charge in [0.1, 0.15) is 0 Å². The number of halogens is 2. The number of benzene rings is 1. The van der Waals surface area contributed by atoms with Crippen LogP contribution < -0.4 is 5.32 Å². The first-order valence-electron chi connectivity index (χ1n) is 6.50. The highest BCUT2D eigenvalue weighted by Crippen LogP contribution is 2.29. The molecule has 108 valence electrons. The van der Waals surface area contributed by atoms with Gasteiger partial charge in [-0.25, -0.2) is 4.98 Å². The Morgan fingerprint density at radius 3 is 2.81 bits per heavy atom. The molecule has 0 aliphatic carbocycles. The smallest absolute Gasteiger partial charge is 0.0958 e. The van der Waals surface area contributed by atoms with Crippen LogP contribution in [0.2, 0.25) is 10.0 Å². The molecule has 3 aromatic rings. The summed E-state index contributed by atoms with van der Waals surface area (Å²) in [7, 11) is 1.89. The Morgan fingerprint density at radius 2 is 2.10 bits per heavy atom. The van der Waals surface area contributed by atoms with Crippen LogP contribution in [0.3, 0.4) is 0 Å². The van der Waals surface area contributed by atoms with E-state index in [-0.39, 0.29) is 6.04 Å². The molecular weight excluding hydrogens is 325 g/mol. The number of nitrogens with one attached hydrogen (secondary N) is 1. The van der Waals surface area contributed by atoms with E-state index in [1.54, 1.807) is 23.6 Å². The number of aromatic nitrogens is 2. The van der Waals surface area contributed by atoms with Gasteiger partial charge in [-0.15, -0.1) is 11.3 Å². The van der Waals surface area contributed by atoms with Crippen LogP contribution in [0.25, 0.3) is 10.2 Å². The molecule has 2 aromatic heterocycles. The molecule has 0 aliphatic rings. The average Bonchev–Trinajstić information content (AvgIpc) is 2.87. The Kier molecular flexibility index (Phi) is 4.40. The number of para-hydroxylation sites is 1. The number of thiazole rings is 1. The van der Waals surface area contributed by atoms with E-state index >= 15 is 0 Å². The summed E-state index contributed by atoms with van der Waals surface area (Å²) < 4.78 is 1.19. The maximum atomic E-state index is 6.24. The van der Waals surface area contributed by atoms with Crippen LogP contribution in [0.4, 0.5) is 0 Å². The summed E-state index contributed by atoms with van der Waals surface area (Å²) in [4.78, 5) is 9.00. The molecule has 0 amide bonds. The van der Waals surface area contributed by atoms with Crippen LogP contribution in [0, 0.1) is 0 Å². The van der Waals surface area contributed by atoms with Gasteiger partial charge in [-0.1, -0.05) is 35.3 Å². The molecule has 0 saturated heterocycles. The third-order valence-electron chi connectivity index (χ3n) is 3.23. The van der Waals surface area contributed by atoms with Crippen LogP contribution in [0.15, 0.2) is 36.5 Å². The molecule has 0 spiro atoms. The second-order valence-electron chi connectivity index (χ2n) is 4.64. The van der Waals surface area contributed by atoms with E-state index in [1.165, 1.54) is 4.70 Å². The van der Waals surface area contributed by atoms with Crippen LogP contribution in [-0.4, -0.2) is 17.0 Å². The fourth-order valence-electron chi connectivity index (χ4n) is 2.20. The lowest BCUT2D eigenvalue weighted by atomic mass is 10.1. The van der Waals surface area contributed by atoms with Crippen molar-refractivity contribution in [1.29, 1.82) is 0 Å². The summed E-state index contributed by atoms with van der Waals surface area (Å²) in [5.41, 5.74) is 1.82. The molecule has 0 fully saturated rings. The van der Waals surface area contributed by atoms with Gasteiger partial charge in [0.25, 0.3) is 0 Å². The van der Waals surface area contributed by atoms with E-state index in [9.17, 15) is 0 Å². The molecule has 6 heteroatoms. The minimum Gasteiger partial charge on any atom is -0.311 e. The average molecular weight is 338 g/mol. The lowest BCUT2D eigenvalue weighted by Crippen LogP contribution is -2.20. The van der Waals surface area contributed by atoms with Crippen molar-refractivity contribution in [1.82, 2.24) is 15.3 Å². The van der Waals surface area contributed by atoms with Crippen molar-refractivity contribution >= 4 is 44.8 Å². The first kappa shape index (κ1) is 14.7. The molecule has 1 atom stereocenters. The summed E-state index contributed by atoms with van der Waals surface area (Å²) in [5, 5.41) is 5.42. The number of likely N-dealkylation sites (N-methyl/N-ethyl adjacent to an activating group) is 1. The Hall–Kier alpha value is -1.20. The largest absolute Gasteiger partial charge is 0.311 e. The first-order valence-corrected chi connectivity index (χ1v) is 8.07. The molecule has 2 heterocycles. The number of rotatable bonds is 4. The predicted octanol–water partition coefficient (Wildman–Crippen LogP) is 4.50. The molecule has 1 unspecified atom stereocenters. The van der Waals surface area contributed by atoms with Gasteiger partial charge < -0.3 is 5.32 Å². The second kappa shape index (κ2) is 6.28. The maximum absolute atomic E-state index is 6.24. The first-order chi connectivity index (χ1) is 10.2. The molecule has 3 rings (SSSR count). The van der Waals surface area contributed by atoms with Crippen LogP contribution >= 0.6 is 34.5 Å². The fraction of sp³-hybridized carbons (Fsp3) is 0.200. The minimum absolute atomic E-state index is 0.00956. The summed E-state index contributed by atoms with van der Waals surface area (Å²) in [6.45, 7) is 0. The van der Waals surface area contributed by atoms with Crippen molar-refractivity contribution in [2.24, 2.45) is 0 Å². The monoisotopic (exact) mass is 337 g/mol. The standard InChI is InChI=1S/C15H13Cl2N3S/c1-18-12(15-10(17)6-9(16)8-19-15)7-14-20-11-4-2-3-5-13(11)21-14/h2-6,8,12,18H,7H2,1H3. The van der Waals surface area contributed by atoms with Crippen LogP contribution in [0.1, 0.15) is 16.7 Å². The Bertz CT molecular complexity index is 739. The number of hydrogen-bond donors (Lipinski definition) is 1. The van der Waals surface area contributed by atoms with Gasteiger partial charge in [-0.05, 0) is 25.2 Å². The highest BCUT2D eigenvalue weighted by atomic mass is 35.5. The van der Waals surface area contributed by atoms with Gasteiger partial charge in [0, 0.05) is 12.6 Å². The lowest BCUT2D eigenvalue weighted by molar-refractivity contribution is 0.575. The van der Waals surface area contributed by atoms with E-state index in [4.69, 9.17) is 23.2 Å². The predicted molar refractivity (Wildman–Crippen MR) is 89.4 cm³/mol. The van der Waals surface area contributed by atoms with Gasteiger partial charge >= 0.3 is 0 Å². The van der Waals surface area contributed by atoms with Gasteiger partial charge in [0.15, 0.2) is 0 Å². The van der Waals surface area contributed by atoms with Crippen molar-refractivity contribution < 1.29 is 0 Å². The Morgan fingerprint density at radius 1 is 1.29 bits per heavy atom. The third-order valence-corrected chi connectivity index (χ3v) is 4.80. The van der Waals surface area contributed by atoms with Crippen molar-refractivity contribution in [2.75, 3.05) is 7.05 Å². The summed E-state index contributed by atoms with van der Waals surface area (Å²) in [6, 6.07) is 9.86. The van der Waals surface area contributed by atoms with Crippen molar-refractivity contribution in [3.8, 4) is 0 Å². The molecule has 3 nitrogen and oxygen atoms in total. The quantitative estimate of drug-likeness (QED) is 0.761. The molecule has 1 aromatic carbocycles. The van der Waals surface area contributed by atoms with Gasteiger partial charge in [-0.3, -0.25) is 4.98 Å². The molecule has 1 N–H and O–H groups in total. The number of hydrogen-bond acceptors (Lipinski definition) is 4. The summed E-state index contributed by atoms with van der Waals surface area (Å²) in [5.74, 6) is 0. The fourth-order valence-corrected chi connectivity index (χ4v) is 3.72. The summed E-state index contributed by atoms with van der Waals surface area (Å²) in [6.07, 6.45) is 2.36. The molecule has 0 radical (unpaired) electrons. The van der Waals surface area contributed by atoms with E-state index in [1.807, 2.05) is 25.2 Å². The second-order valence-corrected chi connectivity index (χ2v) is 6.60. The zero-order chi connectivity index (χ0) is 14.8. The lowest BCUT2D eigenvalue weighted by Gasteiger charge is -2.15. The molecule has 0 bridgehead atoms. The van der Waals surface area contributed by atoms with E-state index in [2.05, 4.69) is 21.4 Å². The van der Waals surface area contributed by atoms with Crippen LogP contribution in [-0.2, 0) is 6.42 Å². The molecule has 21 heavy (non-hydrogen) atoms. The Labute approximate surface area is 137 Å². The Balaban J connectivity index is 1.90. The molecule has 0 saturated carbocycles. The SMILES string of the molecule is CNC(Cc1nc2ccccc2s1)c1ncc(Cl)cc1Cl. The summed E-state index contributed by atoms with van der Waals surface area (Å²) >= 11 is 13.8. The minimum atomic E-state index is 0.00956. The topological polar surface area (TPSA) is 37.8 Å². The third kappa shape index (κ3) is 3.19. The van der Waals surface area contributed by atoms with Gasteiger partial charge in [-0.2, -0.15) is 0 Å². The zero-order valence-electron chi connectivity index (χ0n) is 11.3. The number of nitrogens with zero attached hydrogens (tertiary/aromatic N) is 2.